The number of nitrogens with one attached hydrogen (secondary N) is 1. The molecule has 0 radical (unpaired) electrons. The van der Waals surface area contributed by atoms with E-state index in [-0.39, 0.29) is 5.91 Å². The molecule has 0 spiro atoms. The molecule has 0 aliphatic carbocycles. The number of anilines is 1. The van der Waals surface area contributed by atoms with Gasteiger partial charge in [0.05, 0.1) is 0 Å². The lowest BCUT2D eigenvalue weighted by Crippen LogP contribution is -2.16. The van der Waals surface area contributed by atoms with Gasteiger partial charge in [0.15, 0.2) is 0 Å². The van der Waals surface area contributed by atoms with Gasteiger partial charge in [0.25, 0.3) is 0 Å². The predicted octanol–water partition coefficient (Wildman–Crippen LogP) is 5.01. The van der Waals surface area contributed by atoms with Crippen LogP contribution >= 0.6 is 0 Å². The van der Waals surface area contributed by atoms with Crippen LogP contribution in [0, 0.1) is 5.92 Å². The maximum Gasteiger partial charge on any atom is 0.224 e. The molecule has 1 aromatic carbocycles. The molecular formula is C17H27NO. The molecule has 0 saturated heterocycles. The van der Waals surface area contributed by atoms with Gasteiger partial charge >= 0.3 is 0 Å². The molecule has 0 fully saturated rings. The van der Waals surface area contributed by atoms with Gasteiger partial charge in [-0.1, -0.05) is 57.7 Å². The molecule has 0 bridgehead atoms. The lowest BCUT2D eigenvalue weighted by Gasteiger charge is -2.16. The topological polar surface area (TPSA) is 29.1 Å². The van der Waals surface area contributed by atoms with E-state index in [4.69, 9.17) is 0 Å². The second-order valence-electron chi connectivity index (χ2n) is 5.27. The zero-order chi connectivity index (χ0) is 13.9. The minimum atomic E-state index is 0.156. The molecule has 106 valence electrons. The fourth-order valence-corrected chi connectivity index (χ4v) is 2.33. The number of carbonyl (C=O) groups is 1. The van der Waals surface area contributed by atoms with Gasteiger partial charge < -0.3 is 5.32 Å². The van der Waals surface area contributed by atoms with E-state index in [0.29, 0.717) is 12.3 Å². The van der Waals surface area contributed by atoms with Gasteiger partial charge in [-0.15, -0.1) is 0 Å². The molecule has 0 atom stereocenters. The standard InChI is InChI=1S/C17H27NO/c1-3-5-10-15(11-6-4-2)14-17(19)18-16-12-8-7-9-13-16/h7-9,12-13,15H,3-6,10-11,14H2,1-2H3,(H,18,19). The van der Waals surface area contributed by atoms with Crippen molar-refractivity contribution in [2.24, 2.45) is 5.92 Å². The quantitative estimate of drug-likeness (QED) is 0.665. The van der Waals surface area contributed by atoms with E-state index in [0.717, 1.165) is 5.69 Å². The summed E-state index contributed by atoms with van der Waals surface area (Å²) in [5.74, 6) is 0.701. The van der Waals surface area contributed by atoms with Crippen LogP contribution in [0.1, 0.15) is 58.8 Å². The molecule has 2 nitrogen and oxygen atoms in total. The number of rotatable bonds is 9. The minimum absolute atomic E-state index is 0.156. The highest BCUT2D eigenvalue weighted by atomic mass is 16.1. The van der Waals surface area contributed by atoms with Crippen LogP contribution in [0.4, 0.5) is 5.69 Å². The minimum Gasteiger partial charge on any atom is -0.326 e. The molecule has 0 unspecified atom stereocenters. The van der Waals surface area contributed by atoms with Crippen LogP contribution in [0.3, 0.4) is 0 Å². The first-order valence-electron chi connectivity index (χ1n) is 7.61. The third-order valence-corrected chi connectivity index (χ3v) is 3.46. The van der Waals surface area contributed by atoms with Crippen LogP contribution in [-0.4, -0.2) is 5.91 Å². The van der Waals surface area contributed by atoms with Gasteiger partial charge in [0.2, 0.25) is 5.91 Å². The van der Waals surface area contributed by atoms with Crippen molar-refractivity contribution in [1.29, 1.82) is 0 Å². The summed E-state index contributed by atoms with van der Waals surface area (Å²) in [5.41, 5.74) is 0.900. The number of benzene rings is 1. The fourth-order valence-electron chi connectivity index (χ4n) is 2.33. The summed E-state index contributed by atoms with van der Waals surface area (Å²) in [6.45, 7) is 4.42. The Hall–Kier alpha value is -1.31. The van der Waals surface area contributed by atoms with Crippen molar-refractivity contribution in [2.75, 3.05) is 5.32 Å². The molecular weight excluding hydrogens is 234 g/mol. The molecule has 19 heavy (non-hydrogen) atoms. The van der Waals surface area contributed by atoms with Crippen molar-refractivity contribution in [3.05, 3.63) is 30.3 Å². The molecule has 1 aromatic rings. The molecule has 1 amide bonds. The van der Waals surface area contributed by atoms with Gasteiger partial charge in [0.1, 0.15) is 0 Å². The van der Waals surface area contributed by atoms with Gasteiger partial charge in [-0.2, -0.15) is 0 Å². The Morgan fingerprint density at radius 1 is 1.05 bits per heavy atom. The predicted molar refractivity (Wildman–Crippen MR) is 82.2 cm³/mol. The van der Waals surface area contributed by atoms with Crippen LogP contribution < -0.4 is 5.32 Å². The maximum absolute atomic E-state index is 12.0. The lowest BCUT2D eigenvalue weighted by atomic mass is 9.92. The number of carbonyl (C=O) groups excluding carboxylic acids is 1. The number of hydrogen-bond donors (Lipinski definition) is 1. The van der Waals surface area contributed by atoms with Crippen LogP contribution in [0.25, 0.3) is 0 Å². The Labute approximate surface area is 117 Å². The smallest absolute Gasteiger partial charge is 0.224 e. The van der Waals surface area contributed by atoms with Gasteiger partial charge in [-0.25, -0.2) is 0 Å². The molecule has 0 aliphatic heterocycles. The summed E-state index contributed by atoms with van der Waals surface area (Å²) >= 11 is 0. The van der Waals surface area contributed by atoms with Crippen molar-refractivity contribution in [1.82, 2.24) is 0 Å². The van der Waals surface area contributed by atoms with Gasteiger partial charge in [-0.3, -0.25) is 4.79 Å². The molecule has 0 aliphatic rings. The molecule has 1 N–H and O–H groups in total. The largest absolute Gasteiger partial charge is 0.326 e. The van der Waals surface area contributed by atoms with Crippen LogP contribution in [0.15, 0.2) is 30.3 Å². The summed E-state index contributed by atoms with van der Waals surface area (Å²) in [5, 5.41) is 2.99. The average molecular weight is 261 g/mol. The van der Waals surface area contributed by atoms with Crippen molar-refractivity contribution >= 4 is 11.6 Å². The Kier molecular flexibility index (Phi) is 7.95. The average Bonchev–Trinajstić information content (AvgIpc) is 2.43. The van der Waals surface area contributed by atoms with Crippen LogP contribution in [0.2, 0.25) is 0 Å². The van der Waals surface area contributed by atoms with E-state index in [9.17, 15) is 4.79 Å². The number of para-hydroxylation sites is 1. The van der Waals surface area contributed by atoms with Crippen molar-refractivity contribution in [2.45, 2.75) is 58.8 Å². The zero-order valence-electron chi connectivity index (χ0n) is 12.3. The summed E-state index contributed by atoms with van der Waals surface area (Å²) in [6, 6.07) is 9.72. The van der Waals surface area contributed by atoms with Crippen molar-refractivity contribution in [3.63, 3.8) is 0 Å². The molecule has 0 saturated carbocycles. The summed E-state index contributed by atoms with van der Waals surface area (Å²) in [6.07, 6.45) is 7.90. The van der Waals surface area contributed by atoms with Gasteiger partial charge in [0, 0.05) is 12.1 Å². The highest BCUT2D eigenvalue weighted by Gasteiger charge is 2.13. The summed E-state index contributed by atoms with van der Waals surface area (Å²) < 4.78 is 0. The third kappa shape index (κ3) is 7.00. The molecule has 2 heteroatoms. The lowest BCUT2D eigenvalue weighted by molar-refractivity contribution is -0.117. The Morgan fingerprint density at radius 2 is 1.63 bits per heavy atom. The van der Waals surface area contributed by atoms with E-state index < -0.39 is 0 Å². The second-order valence-corrected chi connectivity index (χ2v) is 5.27. The van der Waals surface area contributed by atoms with E-state index in [2.05, 4.69) is 19.2 Å². The monoisotopic (exact) mass is 261 g/mol. The molecule has 1 rings (SSSR count). The maximum atomic E-state index is 12.0. The van der Waals surface area contributed by atoms with Crippen molar-refractivity contribution < 1.29 is 4.79 Å². The Bertz CT molecular complexity index is 340. The highest BCUT2D eigenvalue weighted by molar-refractivity contribution is 5.90. The number of unbranched alkanes of at least 4 members (excludes halogenated alkanes) is 2. The Morgan fingerprint density at radius 3 is 2.16 bits per heavy atom. The normalized spacial score (nSPS) is 10.7. The van der Waals surface area contributed by atoms with E-state index in [1.54, 1.807) is 0 Å². The van der Waals surface area contributed by atoms with E-state index in [1.807, 2.05) is 30.3 Å². The first-order chi connectivity index (χ1) is 9.26. The zero-order valence-corrected chi connectivity index (χ0v) is 12.3. The Balaban J connectivity index is 2.41. The molecule has 0 aromatic heterocycles. The summed E-state index contributed by atoms with van der Waals surface area (Å²) in [4.78, 5) is 12.0. The van der Waals surface area contributed by atoms with E-state index in [1.165, 1.54) is 38.5 Å². The van der Waals surface area contributed by atoms with Crippen LogP contribution in [-0.2, 0) is 4.79 Å². The van der Waals surface area contributed by atoms with Gasteiger partial charge in [-0.05, 0) is 30.9 Å². The number of amides is 1. The first kappa shape index (κ1) is 15.7. The third-order valence-electron chi connectivity index (χ3n) is 3.46. The second kappa shape index (κ2) is 9.60. The van der Waals surface area contributed by atoms with E-state index >= 15 is 0 Å². The van der Waals surface area contributed by atoms with Crippen molar-refractivity contribution in [3.8, 4) is 0 Å². The summed E-state index contributed by atoms with van der Waals surface area (Å²) in [7, 11) is 0. The number of hydrogen-bond acceptors (Lipinski definition) is 1. The molecule has 0 heterocycles. The fraction of sp³-hybridized carbons (Fsp3) is 0.588. The van der Waals surface area contributed by atoms with Crippen LogP contribution in [0.5, 0.6) is 0 Å². The SMILES string of the molecule is CCCCC(CCCC)CC(=O)Nc1ccccc1. The first-order valence-corrected chi connectivity index (χ1v) is 7.61. The highest BCUT2D eigenvalue weighted by Crippen LogP contribution is 2.20.